The summed E-state index contributed by atoms with van der Waals surface area (Å²) in [5.74, 6) is 0.694. The molecule has 0 N–H and O–H groups in total. The topological polar surface area (TPSA) is 42.4 Å². The number of aromatic nitrogens is 1. The molecule has 0 spiro atoms. The minimum atomic E-state index is 0.0486. The minimum Gasteiger partial charge on any atom is -0.496 e. The fraction of sp³-hybridized carbons (Fsp3) is 0.429. The molecule has 4 nitrogen and oxygen atoms in total. The molecule has 0 unspecified atom stereocenters. The Balaban J connectivity index is 1.94. The lowest BCUT2D eigenvalue weighted by atomic mass is 9.93. The van der Waals surface area contributed by atoms with Crippen LogP contribution in [0.1, 0.15) is 53.7 Å². The van der Waals surface area contributed by atoms with Gasteiger partial charge < -0.3 is 9.64 Å². The van der Waals surface area contributed by atoms with Gasteiger partial charge in [0.2, 0.25) is 0 Å². The summed E-state index contributed by atoms with van der Waals surface area (Å²) in [6, 6.07) is 11.9. The second-order valence-corrected chi connectivity index (χ2v) is 6.70. The Hall–Kier alpha value is -2.36. The van der Waals surface area contributed by atoms with Crippen molar-refractivity contribution in [1.29, 1.82) is 0 Å². The smallest absolute Gasteiger partial charge is 0.258 e. The number of carbonyl (C=O) groups excluding carboxylic acids is 1. The Kier molecular flexibility index (Phi) is 5.69. The Morgan fingerprint density at radius 1 is 1.16 bits per heavy atom. The average molecular weight is 338 g/mol. The molecule has 1 aromatic carbocycles. The van der Waals surface area contributed by atoms with E-state index in [1.54, 1.807) is 13.3 Å². The lowest BCUT2D eigenvalue weighted by molar-refractivity contribution is 0.0607. The van der Waals surface area contributed by atoms with Crippen LogP contribution in [-0.2, 0) is 6.54 Å². The fourth-order valence-corrected chi connectivity index (χ4v) is 3.65. The van der Waals surface area contributed by atoms with Crippen molar-refractivity contribution in [2.24, 2.45) is 0 Å². The molecule has 2 aromatic rings. The lowest BCUT2D eigenvalue weighted by Gasteiger charge is -2.35. The molecular weight excluding hydrogens is 312 g/mol. The molecule has 0 atom stereocenters. The molecule has 4 heteroatoms. The zero-order chi connectivity index (χ0) is 17.6. The third-order valence-electron chi connectivity index (χ3n) is 5.00. The van der Waals surface area contributed by atoms with Crippen molar-refractivity contribution in [2.45, 2.75) is 51.6 Å². The molecule has 1 heterocycles. The monoisotopic (exact) mass is 338 g/mol. The normalized spacial score (nSPS) is 15.0. The molecule has 0 saturated heterocycles. The molecule has 0 aliphatic heterocycles. The molecule has 1 amide bonds. The van der Waals surface area contributed by atoms with Gasteiger partial charge in [0.1, 0.15) is 5.75 Å². The van der Waals surface area contributed by atoms with Gasteiger partial charge in [-0.2, -0.15) is 0 Å². The second-order valence-electron chi connectivity index (χ2n) is 6.70. The van der Waals surface area contributed by atoms with E-state index in [1.165, 1.54) is 19.3 Å². The highest BCUT2D eigenvalue weighted by Crippen LogP contribution is 2.29. The van der Waals surface area contributed by atoms with Gasteiger partial charge in [0, 0.05) is 12.2 Å². The number of rotatable bonds is 5. The zero-order valence-corrected chi connectivity index (χ0v) is 15.1. The van der Waals surface area contributed by atoms with E-state index in [9.17, 15) is 4.79 Å². The molecule has 132 valence electrons. The predicted octanol–water partition coefficient (Wildman–Crippen LogP) is 4.37. The highest BCUT2D eigenvalue weighted by molar-refractivity contribution is 5.98. The number of ether oxygens (including phenoxy) is 1. The van der Waals surface area contributed by atoms with E-state index >= 15 is 0 Å². The first kappa shape index (κ1) is 17.5. The second kappa shape index (κ2) is 8.15. The SMILES string of the molecule is COc1cccc(C)c1C(=O)N(Cc1ccccn1)C1CCCCC1. The number of benzene rings is 1. The van der Waals surface area contributed by atoms with Crippen molar-refractivity contribution in [2.75, 3.05) is 7.11 Å². The largest absolute Gasteiger partial charge is 0.496 e. The van der Waals surface area contributed by atoms with Gasteiger partial charge in [0.25, 0.3) is 5.91 Å². The number of aryl methyl sites for hydroxylation is 1. The maximum atomic E-state index is 13.5. The van der Waals surface area contributed by atoms with Crippen LogP contribution in [0.3, 0.4) is 0 Å². The molecular formula is C21H26N2O2. The van der Waals surface area contributed by atoms with Crippen molar-refractivity contribution >= 4 is 5.91 Å². The average Bonchev–Trinajstić information content (AvgIpc) is 2.67. The van der Waals surface area contributed by atoms with Gasteiger partial charge in [-0.25, -0.2) is 0 Å². The number of carbonyl (C=O) groups is 1. The van der Waals surface area contributed by atoms with Gasteiger partial charge in [0.05, 0.1) is 24.9 Å². The van der Waals surface area contributed by atoms with E-state index in [2.05, 4.69) is 4.98 Å². The van der Waals surface area contributed by atoms with E-state index in [-0.39, 0.29) is 11.9 Å². The van der Waals surface area contributed by atoms with Gasteiger partial charge in [-0.1, -0.05) is 37.5 Å². The van der Waals surface area contributed by atoms with E-state index in [4.69, 9.17) is 4.74 Å². The predicted molar refractivity (Wildman–Crippen MR) is 98.7 cm³/mol. The summed E-state index contributed by atoms with van der Waals surface area (Å²) in [5, 5.41) is 0. The minimum absolute atomic E-state index is 0.0486. The first-order valence-corrected chi connectivity index (χ1v) is 9.05. The maximum absolute atomic E-state index is 13.5. The highest BCUT2D eigenvalue weighted by Gasteiger charge is 2.29. The number of methoxy groups -OCH3 is 1. The van der Waals surface area contributed by atoms with Crippen LogP contribution in [-0.4, -0.2) is 28.9 Å². The van der Waals surface area contributed by atoms with Crippen molar-refractivity contribution in [3.05, 3.63) is 59.4 Å². The van der Waals surface area contributed by atoms with Crippen LogP contribution in [0.2, 0.25) is 0 Å². The van der Waals surface area contributed by atoms with Gasteiger partial charge in [-0.15, -0.1) is 0 Å². The van der Waals surface area contributed by atoms with Crippen LogP contribution >= 0.6 is 0 Å². The standard InChI is InChI=1S/C21H26N2O2/c1-16-9-8-13-19(25-2)20(16)21(24)23(18-11-4-3-5-12-18)15-17-10-6-7-14-22-17/h6-10,13-14,18H,3-5,11-12,15H2,1-2H3. The molecule has 1 aliphatic rings. The number of hydrogen-bond acceptors (Lipinski definition) is 3. The Morgan fingerprint density at radius 2 is 1.96 bits per heavy atom. The van der Waals surface area contributed by atoms with Crippen LogP contribution in [0.5, 0.6) is 5.75 Å². The maximum Gasteiger partial charge on any atom is 0.258 e. The molecule has 1 saturated carbocycles. The summed E-state index contributed by atoms with van der Waals surface area (Å²) >= 11 is 0. The Labute approximate surface area is 149 Å². The van der Waals surface area contributed by atoms with Crippen molar-refractivity contribution < 1.29 is 9.53 Å². The number of hydrogen-bond donors (Lipinski definition) is 0. The third kappa shape index (κ3) is 4.01. The highest BCUT2D eigenvalue weighted by atomic mass is 16.5. The van der Waals surface area contributed by atoms with Gasteiger partial charge in [0.15, 0.2) is 0 Å². The quantitative estimate of drug-likeness (QED) is 0.813. The lowest BCUT2D eigenvalue weighted by Crippen LogP contribution is -2.41. The fourth-order valence-electron chi connectivity index (χ4n) is 3.65. The summed E-state index contributed by atoms with van der Waals surface area (Å²) < 4.78 is 5.47. The van der Waals surface area contributed by atoms with Crippen molar-refractivity contribution in [1.82, 2.24) is 9.88 Å². The summed E-state index contributed by atoms with van der Waals surface area (Å²) in [5.41, 5.74) is 2.55. The van der Waals surface area contributed by atoms with Crippen LogP contribution in [0.25, 0.3) is 0 Å². The summed E-state index contributed by atoms with van der Waals surface area (Å²) in [6.07, 6.45) is 7.53. The number of amides is 1. The van der Waals surface area contributed by atoms with Crippen LogP contribution in [0.15, 0.2) is 42.6 Å². The molecule has 0 bridgehead atoms. The Bertz CT molecular complexity index is 709. The summed E-state index contributed by atoms with van der Waals surface area (Å²) in [7, 11) is 1.62. The van der Waals surface area contributed by atoms with E-state index in [0.717, 1.165) is 24.1 Å². The number of pyridine rings is 1. The Morgan fingerprint density at radius 3 is 2.64 bits per heavy atom. The molecule has 3 rings (SSSR count). The summed E-state index contributed by atoms with van der Waals surface area (Å²) in [4.78, 5) is 19.9. The molecule has 0 radical (unpaired) electrons. The third-order valence-corrected chi connectivity index (χ3v) is 5.00. The summed E-state index contributed by atoms with van der Waals surface area (Å²) in [6.45, 7) is 2.51. The number of nitrogens with zero attached hydrogens (tertiary/aromatic N) is 2. The molecule has 1 fully saturated rings. The first-order chi connectivity index (χ1) is 12.2. The van der Waals surface area contributed by atoms with E-state index < -0.39 is 0 Å². The van der Waals surface area contributed by atoms with Gasteiger partial charge in [-0.3, -0.25) is 9.78 Å². The van der Waals surface area contributed by atoms with Gasteiger partial charge >= 0.3 is 0 Å². The van der Waals surface area contributed by atoms with Crippen LogP contribution in [0, 0.1) is 6.92 Å². The molecule has 1 aliphatic carbocycles. The van der Waals surface area contributed by atoms with E-state index in [1.807, 2.05) is 48.2 Å². The van der Waals surface area contributed by atoms with E-state index in [0.29, 0.717) is 17.9 Å². The van der Waals surface area contributed by atoms with Crippen LogP contribution in [0.4, 0.5) is 0 Å². The van der Waals surface area contributed by atoms with Crippen LogP contribution < -0.4 is 4.74 Å². The van der Waals surface area contributed by atoms with Crippen molar-refractivity contribution in [3.8, 4) is 5.75 Å². The molecule has 25 heavy (non-hydrogen) atoms. The molecule has 1 aromatic heterocycles. The van der Waals surface area contributed by atoms with Crippen molar-refractivity contribution in [3.63, 3.8) is 0 Å². The zero-order valence-electron chi connectivity index (χ0n) is 15.1. The first-order valence-electron chi connectivity index (χ1n) is 9.05. The van der Waals surface area contributed by atoms with Gasteiger partial charge in [-0.05, 0) is 43.5 Å².